The highest BCUT2D eigenvalue weighted by Crippen LogP contribution is 2.37. The molecule has 0 radical (unpaired) electrons. The molecule has 1 aromatic heterocycles. The monoisotopic (exact) mass is 297 g/mol. The van der Waals surface area contributed by atoms with Crippen LogP contribution in [-0.2, 0) is 16.6 Å². The number of rotatable bonds is 4. The fraction of sp³-hybridized carbons (Fsp3) is 0.714. The molecule has 5 nitrogen and oxygen atoms in total. The van der Waals surface area contributed by atoms with Gasteiger partial charge < -0.3 is 10.3 Å². The third-order valence-electron chi connectivity index (χ3n) is 4.31. The van der Waals surface area contributed by atoms with Crippen molar-refractivity contribution in [2.24, 2.45) is 11.7 Å². The molecule has 6 heteroatoms. The summed E-state index contributed by atoms with van der Waals surface area (Å²) in [5.41, 5.74) is 6.67. The first-order chi connectivity index (χ1) is 9.52. The highest BCUT2D eigenvalue weighted by Gasteiger charge is 2.32. The first kappa shape index (κ1) is 14.1. The average Bonchev–Trinajstić information content (AvgIpc) is 3.17. The Morgan fingerprint density at radius 2 is 2.10 bits per heavy atom. The lowest BCUT2D eigenvalue weighted by atomic mass is 10.0. The van der Waals surface area contributed by atoms with E-state index in [0.717, 1.165) is 31.4 Å². The number of hydrogen-bond donors (Lipinski definition) is 1. The maximum atomic E-state index is 12.7. The van der Waals surface area contributed by atoms with E-state index >= 15 is 0 Å². The van der Waals surface area contributed by atoms with E-state index in [1.165, 1.54) is 0 Å². The predicted molar refractivity (Wildman–Crippen MR) is 77.8 cm³/mol. The zero-order valence-corrected chi connectivity index (χ0v) is 12.8. The van der Waals surface area contributed by atoms with Crippen LogP contribution in [0.3, 0.4) is 0 Å². The van der Waals surface area contributed by atoms with E-state index in [1.54, 1.807) is 16.6 Å². The van der Waals surface area contributed by atoms with Crippen molar-refractivity contribution in [3.63, 3.8) is 0 Å². The molecule has 112 valence electrons. The third kappa shape index (κ3) is 2.52. The minimum atomic E-state index is -3.36. The van der Waals surface area contributed by atoms with Gasteiger partial charge in [-0.05, 0) is 37.7 Å². The van der Waals surface area contributed by atoms with Crippen molar-refractivity contribution in [1.82, 2.24) is 8.87 Å². The summed E-state index contributed by atoms with van der Waals surface area (Å²) in [5, 5.41) is 0. The van der Waals surface area contributed by atoms with E-state index < -0.39 is 10.0 Å². The molecule has 0 aromatic carbocycles. The molecular weight excluding hydrogens is 274 g/mol. The van der Waals surface area contributed by atoms with Crippen molar-refractivity contribution in [3.05, 3.63) is 18.0 Å². The second kappa shape index (κ2) is 5.16. The zero-order valence-electron chi connectivity index (χ0n) is 12.0. The van der Waals surface area contributed by atoms with Crippen molar-refractivity contribution >= 4 is 10.0 Å². The molecule has 0 bridgehead atoms. The van der Waals surface area contributed by atoms with Crippen LogP contribution in [0.2, 0.25) is 0 Å². The van der Waals surface area contributed by atoms with Gasteiger partial charge >= 0.3 is 0 Å². The highest BCUT2D eigenvalue weighted by molar-refractivity contribution is 7.89. The Labute approximate surface area is 120 Å². The number of aromatic nitrogens is 1. The molecule has 2 fully saturated rings. The van der Waals surface area contributed by atoms with E-state index in [-0.39, 0.29) is 0 Å². The standard InChI is InChI=1S/C14H23N3O2S/c1-11-3-2-6-16(9-11)20(18,19)14-7-13(8-15)17(10-14)12-4-5-12/h7,10-12H,2-6,8-9,15H2,1H3. The molecule has 0 spiro atoms. The minimum absolute atomic E-state index is 0.391. The summed E-state index contributed by atoms with van der Waals surface area (Å²) < 4.78 is 29.1. The van der Waals surface area contributed by atoms with E-state index in [2.05, 4.69) is 11.5 Å². The minimum Gasteiger partial charge on any atom is -0.346 e. The van der Waals surface area contributed by atoms with Gasteiger partial charge in [0.15, 0.2) is 0 Å². The molecule has 2 N–H and O–H groups in total. The van der Waals surface area contributed by atoms with Crippen LogP contribution in [-0.4, -0.2) is 30.4 Å². The summed E-state index contributed by atoms with van der Waals surface area (Å²) in [6, 6.07) is 2.21. The Balaban J connectivity index is 1.90. The molecular formula is C14H23N3O2S. The highest BCUT2D eigenvalue weighted by atomic mass is 32.2. The summed E-state index contributed by atoms with van der Waals surface area (Å²) in [7, 11) is -3.36. The quantitative estimate of drug-likeness (QED) is 0.919. The van der Waals surface area contributed by atoms with Crippen LogP contribution in [0.15, 0.2) is 17.2 Å². The second-order valence-electron chi connectivity index (χ2n) is 6.12. The lowest BCUT2D eigenvalue weighted by Gasteiger charge is -2.29. The van der Waals surface area contributed by atoms with Gasteiger partial charge in [-0.3, -0.25) is 0 Å². The summed E-state index contributed by atoms with van der Waals surface area (Å²) >= 11 is 0. The van der Waals surface area contributed by atoms with E-state index in [0.29, 0.717) is 36.5 Å². The van der Waals surface area contributed by atoms with E-state index in [9.17, 15) is 8.42 Å². The molecule has 2 aliphatic rings. The van der Waals surface area contributed by atoms with Crippen LogP contribution >= 0.6 is 0 Å². The molecule has 1 aliphatic carbocycles. The lowest BCUT2D eigenvalue weighted by molar-refractivity contribution is 0.281. The molecule has 3 rings (SSSR count). The number of nitrogens with two attached hydrogens (primary N) is 1. The van der Waals surface area contributed by atoms with Crippen LogP contribution in [0.25, 0.3) is 0 Å². The smallest absolute Gasteiger partial charge is 0.244 e. The van der Waals surface area contributed by atoms with Crippen molar-refractivity contribution < 1.29 is 8.42 Å². The van der Waals surface area contributed by atoms with Gasteiger partial charge in [0.1, 0.15) is 4.90 Å². The van der Waals surface area contributed by atoms with Crippen LogP contribution in [0.4, 0.5) is 0 Å². The Kier molecular flexibility index (Phi) is 3.64. The molecule has 1 aliphatic heterocycles. The summed E-state index contributed by atoms with van der Waals surface area (Å²) in [6.07, 6.45) is 6.11. The summed E-state index contributed by atoms with van der Waals surface area (Å²) in [4.78, 5) is 0.416. The zero-order chi connectivity index (χ0) is 14.3. The number of hydrogen-bond acceptors (Lipinski definition) is 3. The number of nitrogens with zero attached hydrogens (tertiary/aromatic N) is 2. The third-order valence-corrected chi connectivity index (χ3v) is 6.14. The van der Waals surface area contributed by atoms with Gasteiger partial charge in [0.05, 0.1) is 0 Å². The first-order valence-corrected chi connectivity index (χ1v) is 8.87. The van der Waals surface area contributed by atoms with Gasteiger partial charge in [0.2, 0.25) is 10.0 Å². The van der Waals surface area contributed by atoms with E-state index in [1.807, 2.05) is 0 Å². The largest absolute Gasteiger partial charge is 0.346 e. The van der Waals surface area contributed by atoms with E-state index in [4.69, 9.17) is 5.73 Å². The van der Waals surface area contributed by atoms with Gasteiger partial charge in [-0.15, -0.1) is 0 Å². The fourth-order valence-corrected chi connectivity index (χ4v) is 4.66. The van der Waals surface area contributed by atoms with Gasteiger partial charge in [0.25, 0.3) is 0 Å². The van der Waals surface area contributed by atoms with Crippen LogP contribution < -0.4 is 5.73 Å². The molecule has 20 heavy (non-hydrogen) atoms. The number of piperidine rings is 1. The summed E-state index contributed by atoms with van der Waals surface area (Å²) in [6.45, 7) is 3.78. The molecule has 1 aromatic rings. The fourth-order valence-electron chi connectivity index (χ4n) is 3.01. The SMILES string of the molecule is CC1CCCN(S(=O)(=O)c2cc(CN)n(C3CC3)c2)C1. The van der Waals surface area contributed by atoms with Crippen molar-refractivity contribution in [2.45, 2.75) is 50.1 Å². The lowest BCUT2D eigenvalue weighted by Crippen LogP contribution is -2.38. The molecule has 1 saturated carbocycles. The second-order valence-corrected chi connectivity index (χ2v) is 8.06. The van der Waals surface area contributed by atoms with Crippen molar-refractivity contribution in [3.8, 4) is 0 Å². The number of sulfonamides is 1. The Hall–Kier alpha value is -0.850. The maximum absolute atomic E-state index is 12.7. The van der Waals surface area contributed by atoms with Gasteiger partial charge in [-0.2, -0.15) is 4.31 Å². The van der Waals surface area contributed by atoms with Crippen molar-refractivity contribution in [2.75, 3.05) is 13.1 Å². The molecule has 0 amide bonds. The molecule has 1 atom stereocenters. The Bertz CT molecular complexity index is 590. The molecule has 2 heterocycles. The first-order valence-electron chi connectivity index (χ1n) is 7.43. The molecule has 1 saturated heterocycles. The molecule has 1 unspecified atom stereocenters. The van der Waals surface area contributed by atoms with Gasteiger partial charge in [-0.1, -0.05) is 6.92 Å². The Morgan fingerprint density at radius 1 is 1.35 bits per heavy atom. The average molecular weight is 297 g/mol. The van der Waals surface area contributed by atoms with Gasteiger partial charge in [0, 0.05) is 37.6 Å². The van der Waals surface area contributed by atoms with Crippen LogP contribution in [0.1, 0.15) is 44.3 Å². The van der Waals surface area contributed by atoms with Crippen LogP contribution in [0.5, 0.6) is 0 Å². The Morgan fingerprint density at radius 3 is 2.70 bits per heavy atom. The summed E-state index contributed by atoms with van der Waals surface area (Å²) in [5.74, 6) is 0.443. The maximum Gasteiger partial charge on any atom is 0.244 e. The van der Waals surface area contributed by atoms with Gasteiger partial charge in [-0.25, -0.2) is 8.42 Å². The predicted octanol–water partition coefficient (Wildman–Crippen LogP) is 1.70. The van der Waals surface area contributed by atoms with Crippen molar-refractivity contribution in [1.29, 1.82) is 0 Å². The normalized spacial score (nSPS) is 25.0. The topological polar surface area (TPSA) is 68.3 Å². The van der Waals surface area contributed by atoms with Crippen LogP contribution in [0, 0.1) is 5.92 Å².